The van der Waals surface area contributed by atoms with E-state index in [0.717, 1.165) is 36.1 Å². The maximum Gasteiger partial charge on any atom is 0.104 e. The van der Waals surface area contributed by atoms with E-state index in [4.69, 9.17) is 14.2 Å². The molecule has 45 heavy (non-hydrogen) atoms. The van der Waals surface area contributed by atoms with Crippen LogP contribution in [0.1, 0.15) is 47.1 Å². The first-order valence-electron chi connectivity index (χ1n) is 16.0. The molecule has 0 aliphatic rings. The van der Waals surface area contributed by atoms with E-state index in [1.54, 1.807) is 0 Å². The van der Waals surface area contributed by atoms with E-state index in [9.17, 15) is 0 Å². The van der Waals surface area contributed by atoms with Crippen LogP contribution in [0.3, 0.4) is 0 Å². The smallest absolute Gasteiger partial charge is 0.104 e. The highest BCUT2D eigenvalue weighted by molar-refractivity contribution is 8.00. The molecule has 0 fully saturated rings. The third kappa shape index (κ3) is 9.91. The Kier molecular flexibility index (Phi) is 13.3. The minimum atomic E-state index is -0.266. The Bertz CT molecular complexity index is 1320. The highest BCUT2D eigenvalue weighted by Gasteiger charge is 2.36. The SMILES string of the molecule is c1ccc(COCC(COCc2ccccc2)OCCCCCSC(c2ccccc2)(c2ccccc2)c2ccccc2)cc1. The van der Waals surface area contributed by atoms with E-state index in [2.05, 4.69) is 115 Å². The largest absolute Gasteiger partial charge is 0.374 e. The number of rotatable bonds is 19. The second kappa shape index (κ2) is 18.3. The molecule has 0 heterocycles. The summed E-state index contributed by atoms with van der Waals surface area (Å²) in [6.07, 6.45) is 3.11. The summed E-state index contributed by atoms with van der Waals surface area (Å²) in [5.41, 5.74) is 6.26. The van der Waals surface area contributed by atoms with Crippen LogP contribution < -0.4 is 0 Å². The maximum atomic E-state index is 6.32. The van der Waals surface area contributed by atoms with Gasteiger partial charge in [-0.3, -0.25) is 0 Å². The third-order valence-electron chi connectivity index (χ3n) is 7.83. The number of unbranched alkanes of at least 4 members (excludes halogenated alkanes) is 2. The van der Waals surface area contributed by atoms with Crippen LogP contribution in [0, 0.1) is 0 Å². The molecule has 5 aromatic rings. The molecule has 0 unspecified atom stereocenters. The lowest BCUT2D eigenvalue weighted by Gasteiger charge is -2.35. The van der Waals surface area contributed by atoms with Gasteiger partial charge in [0.15, 0.2) is 0 Å². The number of thioether (sulfide) groups is 1. The van der Waals surface area contributed by atoms with Gasteiger partial charge >= 0.3 is 0 Å². The van der Waals surface area contributed by atoms with Crippen molar-refractivity contribution in [1.29, 1.82) is 0 Å². The van der Waals surface area contributed by atoms with Gasteiger partial charge in [0.2, 0.25) is 0 Å². The summed E-state index contributed by atoms with van der Waals surface area (Å²) < 4.78 is 18.1. The van der Waals surface area contributed by atoms with Gasteiger partial charge in [0.25, 0.3) is 0 Å². The Morgan fingerprint density at radius 3 is 1.29 bits per heavy atom. The lowest BCUT2D eigenvalue weighted by atomic mass is 9.84. The summed E-state index contributed by atoms with van der Waals surface area (Å²) in [4.78, 5) is 0. The van der Waals surface area contributed by atoms with Gasteiger partial charge in [0, 0.05) is 6.61 Å². The van der Waals surface area contributed by atoms with Crippen LogP contribution in [0.2, 0.25) is 0 Å². The molecule has 0 aliphatic heterocycles. The van der Waals surface area contributed by atoms with Crippen LogP contribution in [0.5, 0.6) is 0 Å². The van der Waals surface area contributed by atoms with Gasteiger partial charge in [0.1, 0.15) is 6.10 Å². The van der Waals surface area contributed by atoms with Crippen molar-refractivity contribution in [3.05, 3.63) is 179 Å². The molecule has 0 saturated carbocycles. The molecule has 0 spiro atoms. The quantitative estimate of drug-likeness (QED) is 0.0682. The zero-order valence-corrected chi connectivity index (χ0v) is 26.8. The highest BCUT2D eigenvalue weighted by atomic mass is 32.2. The van der Waals surface area contributed by atoms with E-state index in [-0.39, 0.29) is 10.9 Å². The van der Waals surface area contributed by atoms with E-state index in [1.807, 2.05) is 48.2 Å². The van der Waals surface area contributed by atoms with Crippen LogP contribution in [0.4, 0.5) is 0 Å². The van der Waals surface area contributed by atoms with Gasteiger partial charge in [0.05, 0.1) is 31.2 Å². The first kappa shape index (κ1) is 32.7. The second-order valence-electron chi connectivity index (χ2n) is 11.2. The molecule has 0 bridgehead atoms. The minimum Gasteiger partial charge on any atom is -0.374 e. The molecule has 0 saturated heterocycles. The molecule has 0 radical (unpaired) electrons. The zero-order chi connectivity index (χ0) is 30.8. The number of benzene rings is 5. The molecular weight excluding hydrogens is 573 g/mol. The minimum absolute atomic E-state index is 0.103. The zero-order valence-electron chi connectivity index (χ0n) is 26.0. The lowest BCUT2D eigenvalue weighted by Crippen LogP contribution is -2.26. The van der Waals surface area contributed by atoms with Gasteiger partial charge in [-0.25, -0.2) is 0 Å². The summed E-state index contributed by atoms with van der Waals surface area (Å²) >= 11 is 2.03. The predicted octanol–water partition coefficient (Wildman–Crippen LogP) is 9.70. The molecular formula is C41H44O3S. The normalized spacial score (nSPS) is 11.6. The Balaban J connectivity index is 1.14. The fourth-order valence-corrected chi connectivity index (χ4v) is 7.10. The summed E-state index contributed by atoms with van der Waals surface area (Å²) in [5, 5.41) is 0. The van der Waals surface area contributed by atoms with Crippen molar-refractivity contribution in [1.82, 2.24) is 0 Å². The molecule has 3 nitrogen and oxygen atoms in total. The average Bonchev–Trinajstić information content (AvgIpc) is 3.11. The number of ether oxygens (including phenoxy) is 3. The van der Waals surface area contributed by atoms with Crippen molar-refractivity contribution < 1.29 is 14.2 Å². The van der Waals surface area contributed by atoms with Crippen molar-refractivity contribution in [3.8, 4) is 0 Å². The first-order chi connectivity index (χ1) is 22.3. The Morgan fingerprint density at radius 2 is 0.867 bits per heavy atom. The van der Waals surface area contributed by atoms with Crippen molar-refractivity contribution in [3.63, 3.8) is 0 Å². The fraction of sp³-hybridized carbons (Fsp3) is 0.268. The predicted molar refractivity (Wildman–Crippen MR) is 187 cm³/mol. The fourth-order valence-electron chi connectivity index (χ4n) is 5.53. The lowest BCUT2D eigenvalue weighted by molar-refractivity contribution is -0.0672. The Hall–Kier alpha value is -3.67. The summed E-state index contributed by atoms with van der Waals surface area (Å²) in [7, 11) is 0. The van der Waals surface area contributed by atoms with E-state index < -0.39 is 0 Å². The van der Waals surface area contributed by atoms with E-state index in [0.29, 0.717) is 33.0 Å². The summed E-state index contributed by atoms with van der Waals surface area (Å²) in [6, 6.07) is 53.3. The monoisotopic (exact) mass is 616 g/mol. The molecule has 0 aliphatic carbocycles. The van der Waals surface area contributed by atoms with Crippen LogP contribution in [-0.2, 0) is 32.2 Å². The molecule has 5 aromatic carbocycles. The second-order valence-corrected chi connectivity index (χ2v) is 12.5. The third-order valence-corrected chi connectivity index (χ3v) is 9.47. The molecule has 232 valence electrons. The van der Waals surface area contributed by atoms with Gasteiger partial charge in [-0.05, 0) is 46.4 Å². The Labute approximate surface area is 273 Å². The van der Waals surface area contributed by atoms with E-state index >= 15 is 0 Å². The molecule has 4 heteroatoms. The highest BCUT2D eigenvalue weighted by Crippen LogP contribution is 2.48. The van der Waals surface area contributed by atoms with Crippen LogP contribution in [0.25, 0.3) is 0 Å². The van der Waals surface area contributed by atoms with E-state index in [1.165, 1.54) is 16.7 Å². The standard InChI is InChI=1S/C41H44O3S/c1-7-19-35(20-8-1)31-42-33-40(34-43-32-36-21-9-2-10-22-36)44-29-17-6-18-30-45-41(37-23-11-3-12-24-37,38-25-13-4-14-26-38)39-27-15-5-16-28-39/h1-5,7-16,19-28,40H,6,17-18,29-34H2. The molecule has 5 rings (SSSR count). The Morgan fingerprint density at radius 1 is 0.467 bits per heavy atom. The van der Waals surface area contributed by atoms with Crippen LogP contribution in [-0.4, -0.2) is 31.7 Å². The molecule has 0 amide bonds. The van der Waals surface area contributed by atoms with Crippen molar-refractivity contribution in [2.75, 3.05) is 25.6 Å². The van der Waals surface area contributed by atoms with Crippen molar-refractivity contribution in [2.24, 2.45) is 0 Å². The summed E-state index contributed by atoms with van der Waals surface area (Å²) in [5.74, 6) is 1.04. The average molecular weight is 617 g/mol. The van der Waals surface area contributed by atoms with Crippen LogP contribution >= 0.6 is 11.8 Å². The number of hydrogen-bond donors (Lipinski definition) is 0. The molecule has 0 aromatic heterocycles. The first-order valence-corrected chi connectivity index (χ1v) is 17.0. The summed E-state index contributed by atoms with van der Waals surface area (Å²) in [6.45, 7) is 2.85. The molecule has 0 N–H and O–H groups in total. The number of hydrogen-bond acceptors (Lipinski definition) is 4. The van der Waals surface area contributed by atoms with Crippen molar-refractivity contribution in [2.45, 2.75) is 43.3 Å². The van der Waals surface area contributed by atoms with Gasteiger partial charge in [-0.15, -0.1) is 11.8 Å². The van der Waals surface area contributed by atoms with Gasteiger partial charge < -0.3 is 14.2 Å². The topological polar surface area (TPSA) is 27.7 Å². The van der Waals surface area contributed by atoms with Crippen molar-refractivity contribution >= 4 is 11.8 Å². The maximum absolute atomic E-state index is 6.32. The van der Waals surface area contributed by atoms with Crippen LogP contribution in [0.15, 0.2) is 152 Å². The van der Waals surface area contributed by atoms with Gasteiger partial charge in [-0.2, -0.15) is 0 Å². The molecule has 0 atom stereocenters. The van der Waals surface area contributed by atoms with Gasteiger partial charge in [-0.1, -0.05) is 158 Å².